The lowest BCUT2D eigenvalue weighted by Crippen LogP contribution is -2.14. The summed E-state index contributed by atoms with van der Waals surface area (Å²) in [4.78, 5) is 12.2. The van der Waals surface area contributed by atoms with Crippen LogP contribution >= 0.6 is 23.4 Å². The van der Waals surface area contributed by atoms with Gasteiger partial charge in [0.05, 0.1) is 19.4 Å². The zero-order valence-corrected chi connectivity index (χ0v) is 18.0. The van der Waals surface area contributed by atoms with Crippen molar-refractivity contribution in [1.82, 2.24) is 14.8 Å². The average molecular weight is 432 g/mol. The van der Waals surface area contributed by atoms with Gasteiger partial charge in [0.2, 0.25) is 5.91 Å². The number of hydrogen-bond acceptors (Lipinski definition) is 6. The predicted octanol–water partition coefficient (Wildman–Crippen LogP) is 4.13. The van der Waals surface area contributed by atoms with Crippen molar-refractivity contribution in [2.24, 2.45) is 7.05 Å². The number of thioether (sulfide) groups is 1. The maximum atomic E-state index is 12.2. The van der Waals surface area contributed by atoms with Gasteiger partial charge in [-0.25, -0.2) is 0 Å². The van der Waals surface area contributed by atoms with Crippen LogP contribution < -0.4 is 15.4 Å². The summed E-state index contributed by atoms with van der Waals surface area (Å²) < 4.78 is 7.03. The van der Waals surface area contributed by atoms with Crippen LogP contribution in [0.1, 0.15) is 11.4 Å². The fourth-order valence-electron chi connectivity index (χ4n) is 2.51. The number of aryl methyl sites for hydroxylation is 1. The van der Waals surface area contributed by atoms with Gasteiger partial charge in [-0.05, 0) is 48.9 Å². The molecule has 0 radical (unpaired) electrons. The van der Waals surface area contributed by atoms with E-state index in [2.05, 4.69) is 20.8 Å². The molecule has 0 saturated carbocycles. The molecule has 0 atom stereocenters. The Morgan fingerprint density at radius 3 is 2.59 bits per heavy atom. The number of carbonyl (C=O) groups is 1. The van der Waals surface area contributed by atoms with Gasteiger partial charge in [-0.3, -0.25) is 4.79 Å². The van der Waals surface area contributed by atoms with E-state index >= 15 is 0 Å². The molecule has 2 N–H and O–H groups in total. The van der Waals surface area contributed by atoms with Gasteiger partial charge in [0, 0.05) is 23.4 Å². The highest BCUT2D eigenvalue weighted by Crippen LogP contribution is 2.21. The molecule has 0 bridgehead atoms. The van der Waals surface area contributed by atoms with Crippen molar-refractivity contribution < 1.29 is 9.53 Å². The molecular formula is C20H22ClN5O2S. The summed E-state index contributed by atoms with van der Waals surface area (Å²) in [5.41, 5.74) is 2.60. The van der Waals surface area contributed by atoms with Crippen molar-refractivity contribution in [2.75, 3.05) is 23.5 Å². The Labute approximate surface area is 178 Å². The molecule has 1 heterocycles. The van der Waals surface area contributed by atoms with Gasteiger partial charge in [-0.15, -0.1) is 10.2 Å². The standard InChI is InChI=1S/C20H22ClN5O2S/c1-13-4-5-15(10-17(13)21)23-19(27)12-29-20-25-24-18(26(20)2)11-22-14-6-8-16(28-3)9-7-14/h4-10,22H,11-12H2,1-3H3,(H,23,27). The molecule has 0 aliphatic rings. The lowest BCUT2D eigenvalue weighted by molar-refractivity contribution is -0.113. The van der Waals surface area contributed by atoms with Crippen LogP contribution in [0.25, 0.3) is 0 Å². The van der Waals surface area contributed by atoms with E-state index in [0.29, 0.717) is 22.4 Å². The Balaban J connectivity index is 1.52. The Morgan fingerprint density at radius 1 is 1.17 bits per heavy atom. The third-order valence-corrected chi connectivity index (χ3v) is 5.68. The normalized spacial score (nSPS) is 10.6. The zero-order chi connectivity index (χ0) is 20.8. The number of rotatable bonds is 8. The average Bonchev–Trinajstić information content (AvgIpc) is 3.07. The van der Waals surface area contributed by atoms with Crippen LogP contribution in [0.4, 0.5) is 11.4 Å². The summed E-state index contributed by atoms with van der Waals surface area (Å²) in [7, 11) is 3.52. The summed E-state index contributed by atoms with van der Waals surface area (Å²) >= 11 is 7.42. The number of hydrogen-bond donors (Lipinski definition) is 2. The molecule has 9 heteroatoms. The molecule has 2 aromatic carbocycles. The van der Waals surface area contributed by atoms with Crippen molar-refractivity contribution in [3.05, 3.63) is 58.9 Å². The van der Waals surface area contributed by atoms with Crippen LogP contribution in [0.2, 0.25) is 5.02 Å². The summed E-state index contributed by atoms with van der Waals surface area (Å²) in [5, 5.41) is 15.8. The van der Waals surface area contributed by atoms with Crippen LogP contribution in [0.5, 0.6) is 5.75 Å². The number of ether oxygens (including phenoxy) is 1. The first-order valence-corrected chi connectivity index (χ1v) is 10.3. The quantitative estimate of drug-likeness (QED) is 0.522. The van der Waals surface area contributed by atoms with E-state index in [1.807, 2.05) is 54.9 Å². The Bertz CT molecular complexity index is 991. The monoisotopic (exact) mass is 431 g/mol. The number of methoxy groups -OCH3 is 1. The Kier molecular flexibility index (Phi) is 7.00. The van der Waals surface area contributed by atoms with Gasteiger partial charge in [0.15, 0.2) is 11.0 Å². The minimum absolute atomic E-state index is 0.129. The van der Waals surface area contributed by atoms with Crippen molar-refractivity contribution >= 4 is 40.6 Å². The van der Waals surface area contributed by atoms with E-state index in [1.165, 1.54) is 11.8 Å². The molecule has 0 aliphatic carbocycles. The summed E-state index contributed by atoms with van der Waals surface area (Å²) in [6.45, 7) is 2.43. The Morgan fingerprint density at radius 2 is 1.90 bits per heavy atom. The molecule has 0 unspecified atom stereocenters. The predicted molar refractivity (Wildman–Crippen MR) is 117 cm³/mol. The first-order chi connectivity index (χ1) is 14.0. The van der Waals surface area contributed by atoms with Crippen LogP contribution in [0.15, 0.2) is 47.6 Å². The maximum absolute atomic E-state index is 12.2. The van der Waals surface area contributed by atoms with Crippen LogP contribution in [0, 0.1) is 6.92 Å². The number of nitrogens with one attached hydrogen (secondary N) is 2. The number of nitrogens with zero attached hydrogens (tertiary/aromatic N) is 3. The van der Waals surface area contributed by atoms with Gasteiger partial charge < -0.3 is 19.9 Å². The minimum Gasteiger partial charge on any atom is -0.497 e. The molecule has 29 heavy (non-hydrogen) atoms. The minimum atomic E-state index is -0.129. The SMILES string of the molecule is COc1ccc(NCc2nnc(SCC(=O)Nc3ccc(C)c(Cl)c3)n2C)cc1. The van der Waals surface area contributed by atoms with Gasteiger partial charge in [0.25, 0.3) is 0 Å². The van der Waals surface area contributed by atoms with Gasteiger partial charge in [-0.2, -0.15) is 0 Å². The third-order valence-electron chi connectivity index (χ3n) is 4.25. The molecule has 3 rings (SSSR count). The molecular weight excluding hydrogens is 410 g/mol. The largest absolute Gasteiger partial charge is 0.497 e. The molecule has 1 amide bonds. The topological polar surface area (TPSA) is 81.1 Å². The number of anilines is 2. The fraction of sp³-hybridized carbons (Fsp3) is 0.250. The maximum Gasteiger partial charge on any atom is 0.234 e. The second kappa shape index (κ2) is 9.67. The molecule has 0 fully saturated rings. The van der Waals surface area contributed by atoms with Gasteiger partial charge >= 0.3 is 0 Å². The summed E-state index contributed by atoms with van der Waals surface area (Å²) in [5.74, 6) is 1.67. The lowest BCUT2D eigenvalue weighted by Gasteiger charge is -2.08. The van der Waals surface area contributed by atoms with Gasteiger partial charge in [0.1, 0.15) is 5.75 Å². The van der Waals surface area contributed by atoms with Crippen molar-refractivity contribution in [1.29, 1.82) is 0 Å². The smallest absolute Gasteiger partial charge is 0.234 e. The van der Waals surface area contributed by atoms with E-state index < -0.39 is 0 Å². The second-order valence-electron chi connectivity index (χ2n) is 6.34. The molecule has 0 spiro atoms. The Hall–Kier alpha value is -2.71. The number of halogens is 1. The highest BCUT2D eigenvalue weighted by Gasteiger charge is 2.12. The highest BCUT2D eigenvalue weighted by atomic mass is 35.5. The number of amides is 1. The van der Waals surface area contributed by atoms with Crippen LogP contribution in [0.3, 0.4) is 0 Å². The molecule has 0 saturated heterocycles. The van der Waals surface area contributed by atoms with E-state index in [9.17, 15) is 4.79 Å². The molecule has 0 aliphatic heterocycles. The lowest BCUT2D eigenvalue weighted by atomic mass is 10.2. The first-order valence-electron chi connectivity index (χ1n) is 8.91. The molecule has 3 aromatic rings. The fourth-order valence-corrected chi connectivity index (χ4v) is 3.42. The van der Waals surface area contributed by atoms with E-state index in [-0.39, 0.29) is 11.7 Å². The molecule has 152 valence electrons. The van der Waals surface area contributed by atoms with Crippen molar-refractivity contribution in [3.63, 3.8) is 0 Å². The van der Waals surface area contributed by atoms with E-state index in [4.69, 9.17) is 16.3 Å². The molecule has 1 aromatic heterocycles. The van der Waals surface area contributed by atoms with E-state index in [0.717, 1.165) is 22.8 Å². The number of aromatic nitrogens is 3. The molecule has 7 nitrogen and oxygen atoms in total. The van der Waals surface area contributed by atoms with E-state index in [1.54, 1.807) is 13.2 Å². The third kappa shape index (κ3) is 5.65. The van der Waals surface area contributed by atoms with Gasteiger partial charge in [-0.1, -0.05) is 29.4 Å². The summed E-state index contributed by atoms with van der Waals surface area (Å²) in [6.07, 6.45) is 0. The number of benzene rings is 2. The zero-order valence-electron chi connectivity index (χ0n) is 16.4. The van der Waals surface area contributed by atoms with Crippen LogP contribution in [-0.4, -0.2) is 33.5 Å². The number of carbonyl (C=O) groups excluding carboxylic acids is 1. The van der Waals surface area contributed by atoms with Crippen LogP contribution in [-0.2, 0) is 18.4 Å². The summed E-state index contributed by atoms with van der Waals surface area (Å²) in [6, 6.07) is 13.1. The second-order valence-corrected chi connectivity index (χ2v) is 7.69. The highest BCUT2D eigenvalue weighted by molar-refractivity contribution is 7.99. The van der Waals surface area contributed by atoms with Crippen molar-refractivity contribution in [3.8, 4) is 5.75 Å². The van der Waals surface area contributed by atoms with Crippen molar-refractivity contribution in [2.45, 2.75) is 18.6 Å². The first kappa shape index (κ1) is 21.0.